The fourth-order valence-electron chi connectivity index (χ4n) is 1.25. The fourth-order valence-corrected chi connectivity index (χ4v) is 3.30. The third kappa shape index (κ3) is 2.82. The van der Waals surface area contributed by atoms with Crippen molar-refractivity contribution in [3.8, 4) is 0 Å². The Kier molecular flexibility index (Phi) is 3.14. The third-order valence-corrected chi connectivity index (χ3v) is 4.16. The zero-order chi connectivity index (χ0) is 12.5. The molecule has 0 fully saturated rings. The monoisotopic (exact) mass is 321 g/mol. The first-order valence-electron chi connectivity index (χ1n) is 4.41. The molecular weight excluding hydrogens is 313 g/mol. The van der Waals surface area contributed by atoms with Gasteiger partial charge in [-0.05, 0) is 0 Å². The Morgan fingerprint density at radius 3 is 2.88 bits per heavy atom. The van der Waals surface area contributed by atoms with E-state index in [9.17, 15) is 13.2 Å². The van der Waals surface area contributed by atoms with E-state index in [1.165, 1.54) is 6.07 Å². The predicted molar refractivity (Wildman–Crippen MR) is 61.5 cm³/mol. The Bertz CT molecular complexity index is 666. The van der Waals surface area contributed by atoms with Crippen molar-refractivity contribution in [1.29, 1.82) is 0 Å². The minimum atomic E-state index is -3.90. The summed E-state index contributed by atoms with van der Waals surface area (Å²) in [5.41, 5.74) is 1.37. The molecule has 9 heteroatoms. The summed E-state index contributed by atoms with van der Waals surface area (Å²) in [6.45, 7) is 0. The van der Waals surface area contributed by atoms with Crippen LogP contribution in [0.15, 0.2) is 18.2 Å². The number of nitrogens with one attached hydrogen (secondary N) is 1. The summed E-state index contributed by atoms with van der Waals surface area (Å²) >= 11 is -0.267. The van der Waals surface area contributed by atoms with Crippen LogP contribution in [0.4, 0.5) is 5.69 Å². The van der Waals surface area contributed by atoms with Gasteiger partial charge in [0, 0.05) is 0 Å². The Balaban J connectivity index is 2.36. The van der Waals surface area contributed by atoms with Gasteiger partial charge in [-0.1, -0.05) is 0 Å². The molecule has 0 amide bonds. The molecule has 0 saturated carbocycles. The van der Waals surface area contributed by atoms with E-state index in [2.05, 4.69) is 12.7 Å². The second-order valence-corrected chi connectivity index (χ2v) is 6.02. The number of benzene rings is 1. The number of fused-ring (bicyclic) bond motifs is 1. The van der Waals surface area contributed by atoms with E-state index in [4.69, 9.17) is 5.11 Å². The van der Waals surface area contributed by atoms with E-state index in [-0.39, 0.29) is 20.6 Å². The van der Waals surface area contributed by atoms with E-state index in [0.717, 1.165) is 0 Å². The molecule has 7 nitrogen and oxygen atoms in total. The van der Waals surface area contributed by atoms with Crippen molar-refractivity contribution >= 4 is 47.7 Å². The maximum absolute atomic E-state index is 11.5. The van der Waals surface area contributed by atoms with Crippen LogP contribution in [0.5, 0.6) is 0 Å². The number of carboxylic acid groups (broad SMARTS) is 1. The van der Waals surface area contributed by atoms with Gasteiger partial charge in [0.25, 0.3) is 0 Å². The van der Waals surface area contributed by atoms with Crippen molar-refractivity contribution < 1.29 is 18.3 Å². The standard InChI is InChI=1S/C8H7N3O4SSe/c12-7(13)4-16(14,15)9-5-2-1-3-6-8(5)11-17-10-6/h1-3,9H,4H2,(H,12,13). The molecule has 0 radical (unpaired) electrons. The number of hydrogen-bond donors (Lipinski definition) is 2. The molecular formula is C8H7N3O4SSe. The molecule has 0 aliphatic carbocycles. The van der Waals surface area contributed by atoms with Gasteiger partial charge in [0.15, 0.2) is 0 Å². The van der Waals surface area contributed by atoms with Crippen LogP contribution in [0, 0.1) is 0 Å². The van der Waals surface area contributed by atoms with Gasteiger partial charge in [-0.3, -0.25) is 0 Å². The predicted octanol–water partition coefficient (Wildman–Crippen LogP) is -0.487. The molecule has 0 atom stereocenters. The topological polar surface area (TPSA) is 109 Å². The molecule has 0 spiro atoms. The van der Waals surface area contributed by atoms with Gasteiger partial charge >= 0.3 is 103 Å². The zero-order valence-corrected chi connectivity index (χ0v) is 10.9. The van der Waals surface area contributed by atoms with Gasteiger partial charge in [-0.15, -0.1) is 0 Å². The molecule has 0 saturated heterocycles. The van der Waals surface area contributed by atoms with Crippen molar-refractivity contribution in [2.75, 3.05) is 10.5 Å². The van der Waals surface area contributed by atoms with Gasteiger partial charge in [0.05, 0.1) is 0 Å². The summed E-state index contributed by atoms with van der Waals surface area (Å²) in [4.78, 5) is 10.4. The average Bonchev–Trinajstić information content (AvgIpc) is 2.63. The van der Waals surface area contributed by atoms with Crippen molar-refractivity contribution in [3.63, 3.8) is 0 Å². The molecule has 1 aromatic carbocycles. The van der Waals surface area contributed by atoms with Crippen molar-refractivity contribution in [2.45, 2.75) is 0 Å². The van der Waals surface area contributed by atoms with Crippen molar-refractivity contribution in [3.05, 3.63) is 18.2 Å². The molecule has 1 heterocycles. The van der Waals surface area contributed by atoms with Crippen LogP contribution in [-0.4, -0.2) is 48.2 Å². The van der Waals surface area contributed by atoms with E-state index < -0.39 is 21.7 Å². The maximum atomic E-state index is 11.5. The fraction of sp³-hybridized carbons (Fsp3) is 0.125. The van der Waals surface area contributed by atoms with Crippen LogP contribution < -0.4 is 4.72 Å². The summed E-state index contributed by atoms with van der Waals surface area (Å²) in [5, 5.41) is 8.46. The van der Waals surface area contributed by atoms with Crippen LogP contribution in [-0.2, 0) is 14.8 Å². The third-order valence-electron chi connectivity index (χ3n) is 1.86. The summed E-state index contributed by atoms with van der Waals surface area (Å²) < 4.78 is 33.3. The second-order valence-electron chi connectivity index (χ2n) is 3.19. The molecule has 0 bridgehead atoms. The number of aliphatic carboxylic acids is 1. The molecule has 2 aromatic rings. The average molecular weight is 320 g/mol. The first-order valence-corrected chi connectivity index (χ1v) is 7.60. The molecule has 2 rings (SSSR count). The molecule has 0 unspecified atom stereocenters. The molecule has 1 aromatic heterocycles. The van der Waals surface area contributed by atoms with Crippen molar-refractivity contribution in [1.82, 2.24) is 7.96 Å². The molecule has 0 aliphatic heterocycles. The number of aromatic nitrogens is 2. The number of carbonyl (C=O) groups is 1. The SMILES string of the molecule is O=C(O)CS(=O)(=O)Nc1cccc2n[se]nc12. The van der Waals surface area contributed by atoms with Crippen LogP contribution in [0.2, 0.25) is 0 Å². The Labute approximate surface area is 103 Å². The zero-order valence-electron chi connectivity index (χ0n) is 8.32. The van der Waals surface area contributed by atoms with Crippen LogP contribution in [0.1, 0.15) is 0 Å². The number of nitrogens with zero attached hydrogens (tertiary/aromatic N) is 2. The summed E-state index contributed by atoms with van der Waals surface area (Å²) in [6.07, 6.45) is 0. The van der Waals surface area contributed by atoms with E-state index in [1.54, 1.807) is 12.1 Å². The van der Waals surface area contributed by atoms with Gasteiger partial charge in [0.2, 0.25) is 0 Å². The quantitative estimate of drug-likeness (QED) is 0.736. The normalized spacial score (nSPS) is 11.5. The molecule has 17 heavy (non-hydrogen) atoms. The Hall–Kier alpha value is -1.44. The van der Waals surface area contributed by atoms with E-state index in [1.807, 2.05) is 0 Å². The number of hydrogen-bond acceptors (Lipinski definition) is 5. The van der Waals surface area contributed by atoms with Crippen LogP contribution in [0.3, 0.4) is 0 Å². The van der Waals surface area contributed by atoms with Gasteiger partial charge in [0.1, 0.15) is 0 Å². The second kappa shape index (κ2) is 4.44. The summed E-state index contributed by atoms with van der Waals surface area (Å²) in [6, 6.07) is 4.89. The van der Waals surface area contributed by atoms with Gasteiger partial charge < -0.3 is 0 Å². The number of sulfonamides is 1. The number of anilines is 1. The molecule has 90 valence electrons. The Morgan fingerprint density at radius 2 is 2.18 bits per heavy atom. The number of rotatable bonds is 4. The van der Waals surface area contributed by atoms with Gasteiger partial charge in [-0.25, -0.2) is 0 Å². The van der Waals surface area contributed by atoms with Crippen LogP contribution >= 0.6 is 0 Å². The first kappa shape index (κ1) is 12.0. The summed E-state index contributed by atoms with van der Waals surface area (Å²) in [7, 11) is -3.90. The van der Waals surface area contributed by atoms with Crippen LogP contribution in [0.25, 0.3) is 11.0 Å². The first-order chi connectivity index (χ1) is 7.98. The van der Waals surface area contributed by atoms with Gasteiger partial charge in [-0.2, -0.15) is 0 Å². The molecule has 0 aliphatic rings. The number of carboxylic acids is 1. The Morgan fingerprint density at radius 1 is 1.41 bits per heavy atom. The van der Waals surface area contributed by atoms with E-state index in [0.29, 0.717) is 11.0 Å². The van der Waals surface area contributed by atoms with Crippen molar-refractivity contribution in [2.24, 2.45) is 0 Å². The minimum absolute atomic E-state index is 0.267. The molecule has 2 N–H and O–H groups in total. The van der Waals surface area contributed by atoms with E-state index >= 15 is 0 Å². The summed E-state index contributed by atoms with van der Waals surface area (Å²) in [5.74, 6) is -2.38.